The molecule has 1 aromatic heterocycles. The molecule has 162 valence electrons. The lowest BCUT2D eigenvalue weighted by Gasteiger charge is -2.62. The molecule has 1 N–H and O–H groups in total. The number of esters is 1. The fraction of sp³-hybridized carbons (Fsp3) is 0.667. The lowest BCUT2D eigenvalue weighted by molar-refractivity contribution is -0.402. The Balaban J connectivity index is 1.38. The molecule has 4 aliphatic carbocycles. The van der Waals surface area contributed by atoms with Gasteiger partial charge in [-0.25, -0.2) is 5.43 Å². The maximum absolute atomic E-state index is 12.6. The summed E-state index contributed by atoms with van der Waals surface area (Å²) in [4.78, 5) is 34.8. The number of hydrazone groups is 1. The molecule has 0 spiro atoms. The zero-order valence-electron chi connectivity index (χ0n) is 17.1. The van der Waals surface area contributed by atoms with Gasteiger partial charge < -0.3 is 9.15 Å². The van der Waals surface area contributed by atoms with E-state index in [1.54, 1.807) is 0 Å². The largest absolute Gasteiger partial charge is 0.466 e. The third-order valence-electron chi connectivity index (χ3n) is 6.84. The van der Waals surface area contributed by atoms with Crippen molar-refractivity contribution < 1.29 is 23.7 Å². The van der Waals surface area contributed by atoms with Gasteiger partial charge in [0.05, 0.1) is 25.3 Å². The van der Waals surface area contributed by atoms with Gasteiger partial charge in [0.15, 0.2) is 5.76 Å². The number of carbonyl (C=O) groups excluding carboxylic acids is 2. The van der Waals surface area contributed by atoms with Crippen LogP contribution in [-0.4, -0.2) is 29.6 Å². The van der Waals surface area contributed by atoms with Gasteiger partial charge in [0.1, 0.15) is 4.92 Å². The number of nitrogens with one attached hydrogen (secondary N) is 1. The summed E-state index contributed by atoms with van der Waals surface area (Å²) in [7, 11) is 0. The average Bonchev–Trinajstić information content (AvgIpc) is 3.09. The van der Waals surface area contributed by atoms with Crippen molar-refractivity contribution in [1.29, 1.82) is 0 Å². The maximum atomic E-state index is 12.6. The standard InChI is InChI=1S/C21H27N3O6/c1-2-29-19(26)11-21-8-14-5-15(9-21)7-20(6-14,13-21)10-17(25)23-22-12-16-3-4-18(30-16)24(27)28/h3-4,12,14-15H,2,5-11,13H2,1H3,(H,23,25)/b22-12+. The molecular weight excluding hydrogens is 390 g/mol. The number of nitro groups is 1. The van der Waals surface area contributed by atoms with Crippen molar-refractivity contribution in [3.63, 3.8) is 0 Å². The minimum Gasteiger partial charge on any atom is -0.466 e. The summed E-state index contributed by atoms with van der Waals surface area (Å²) in [5.74, 6) is 0.659. The summed E-state index contributed by atoms with van der Waals surface area (Å²) in [5, 5.41) is 14.5. The molecule has 2 unspecified atom stereocenters. The van der Waals surface area contributed by atoms with Crippen LogP contribution < -0.4 is 5.43 Å². The van der Waals surface area contributed by atoms with Gasteiger partial charge in [-0.1, -0.05) is 0 Å². The van der Waals surface area contributed by atoms with Crippen LogP contribution >= 0.6 is 0 Å². The van der Waals surface area contributed by atoms with Gasteiger partial charge >= 0.3 is 11.9 Å². The summed E-state index contributed by atoms with van der Waals surface area (Å²) >= 11 is 0. The smallest absolute Gasteiger partial charge is 0.433 e. The number of hydrogen-bond acceptors (Lipinski definition) is 7. The minimum atomic E-state index is -0.630. The zero-order chi connectivity index (χ0) is 21.4. The molecule has 1 amide bonds. The summed E-state index contributed by atoms with van der Waals surface area (Å²) in [6.07, 6.45) is 8.32. The second-order valence-corrected chi connectivity index (χ2v) is 9.35. The first-order chi connectivity index (χ1) is 14.3. The molecule has 30 heavy (non-hydrogen) atoms. The van der Waals surface area contributed by atoms with Crippen molar-refractivity contribution in [2.75, 3.05) is 6.61 Å². The Kier molecular flexibility index (Phi) is 5.38. The van der Waals surface area contributed by atoms with E-state index in [4.69, 9.17) is 9.15 Å². The second-order valence-electron chi connectivity index (χ2n) is 9.35. The monoisotopic (exact) mass is 417 g/mol. The first-order valence-electron chi connectivity index (χ1n) is 10.5. The van der Waals surface area contributed by atoms with Crippen LogP contribution in [0.15, 0.2) is 21.7 Å². The van der Waals surface area contributed by atoms with E-state index < -0.39 is 4.92 Å². The number of amides is 1. The molecular formula is C21H27N3O6. The predicted molar refractivity (Wildman–Crippen MR) is 107 cm³/mol. The number of hydrogen-bond donors (Lipinski definition) is 1. The summed E-state index contributed by atoms with van der Waals surface area (Å²) in [6.45, 7) is 2.22. The molecule has 0 radical (unpaired) electrons. The van der Waals surface area contributed by atoms with E-state index in [2.05, 4.69) is 10.5 Å². The summed E-state index contributed by atoms with van der Waals surface area (Å²) < 4.78 is 10.2. The van der Waals surface area contributed by atoms with Gasteiger partial charge in [-0.05, 0) is 74.2 Å². The van der Waals surface area contributed by atoms with Crippen LogP contribution in [0.4, 0.5) is 5.88 Å². The van der Waals surface area contributed by atoms with Crippen molar-refractivity contribution in [3.8, 4) is 0 Å². The van der Waals surface area contributed by atoms with Crippen LogP contribution in [-0.2, 0) is 14.3 Å². The Labute approximate surface area is 174 Å². The van der Waals surface area contributed by atoms with E-state index >= 15 is 0 Å². The van der Waals surface area contributed by atoms with Crippen LogP contribution in [0.5, 0.6) is 0 Å². The van der Waals surface area contributed by atoms with Gasteiger partial charge in [0.25, 0.3) is 0 Å². The number of carbonyl (C=O) groups is 2. The third kappa shape index (κ3) is 4.24. The van der Waals surface area contributed by atoms with Crippen LogP contribution in [0.3, 0.4) is 0 Å². The highest BCUT2D eigenvalue weighted by Gasteiger charge is 2.58. The van der Waals surface area contributed by atoms with E-state index in [9.17, 15) is 19.7 Å². The van der Waals surface area contributed by atoms with E-state index in [1.807, 2.05) is 6.92 Å². The average molecular weight is 417 g/mol. The summed E-state index contributed by atoms with van der Waals surface area (Å²) in [5.41, 5.74) is 2.41. The maximum Gasteiger partial charge on any atom is 0.433 e. The van der Waals surface area contributed by atoms with Gasteiger partial charge in [-0.15, -0.1) is 0 Å². The Hall–Kier alpha value is -2.71. The van der Waals surface area contributed by atoms with Gasteiger partial charge in [-0.2, -0.15) is 5.10 Å². The molecule has 9 nitrogen and oxygen atoms in total. The first-order valence-corrected chi connectivity index (χ1v) is 10.5. The predicted octanol–water partition coefficient (Wildman–Crippen LogP) is 3.57. The highest BCUT2D eigenvalue weighted by atomic mass is 16.6. The minimum absolute atomic E-state index is 0.0347. The van der Waals surface area contributed by atoms with Crippen molar-refractivity contribution >= 4 is 24.0 Å². The Morgan fingerprint density at radius 1 is 1.27 bits per heavy atom. The summed E-state index contributed by atoms with van der Waals surface area (Å²) in [6, 6.07) is 2.66. The lowest BCUT2D eigenvalue weighted by atomic mass is 9.43. The van der Waals surface area contributed by atoms with Crippen LogP contribution in [0, 0.1) is 32.8 Å². The molecule has 0 aromatic carbocycles. The van der Waals surface area contributed by atoms with Gasteiger partial charge in [0.2, 0.25) is 5.91 Å². The highest BCUT2D eigenvalue weighted by Crippen LogP contribution is 2.67. The van der Waals surface area contributed by atoms with Crippen LogP contribution in [0.25, 0.3) is 0 Å². The SMILES string of the molecule is CCOC(=O)CC12CC3CC(CC(CC(=O)N/N=C/c4ccc([N+](=O)[O-])o4)(C3)C1)C2. The number of rotatable bonds is 8. The van der Waals surface area contributed by atoms with Crippen molar-refractivity contribution in [1.82, 2.24) is 5.43 Å². The molecule has 9 heteroatoms. The quantitative estimate of drug-likeness (QED) is 0.298. The molecule has 4 saturated carbocycles. The fourth-order valence-electron chi connectivity index (χ4n) is 6.64. The molecule has 1 heterocycles. The van der Waals surface area contributed by atoms with Crippen molar-refractivity contribution in [2.24, 2.45) is 27.8 Å². The van der Waals surface area contributed by atoms with E-state index in [0.717, 1.165) is 32.1 Å². The molecule has 4 bridgehead atoms. The number of ether oxygens (including phenoxy) is 1. The van der Waals surface area contributed by atoms with Crippen molar-refractivity contribution in [3.05, 3.63) is 28.0 Å². The lowest BCUT2D eigenvalue weighted by Crippen LogP contribution is -2.53. The molecule has 1 aromatic rings. The molecule has 4 fully saturated rings. The van der Waals surface area contributed by atoms with E-state index in [1.165, 1.54) is 24.8 Å². The Morgan fingerprint density at radius 3 is 2.53 bits per heavy atom. The number of furan rings is 1. The van der Waals surface area contributed by atoms with Crippen LogP contribution in [0.2, 0.25) is 0 Å². The molecule has 0 saturated heterocycles. The van der Waals surface area contributed by atoms with Crippen LogP contribution in [0.1, 0.15) is 64.1 Å². The topological polar surface area (TPSA) is 124 Å². The van der Waals surface area contributed by atoms with Gasteiger partial charge in [-0.3, -0.25) is 19.7 Å². The van der Waals surface area contributed by atoms with Crippen molar-refractivity contribution in [2.45, 2.75) is 58.3 Å². The molecule has 5 rings (SSSR count). The van der Waals surface area contributed by atoms with E-state index in [0.29, 0.717) is 31.3 Å². The molecule has 2 atom stereocenters. The zero-order valence-corrected chi connectivity index (χ0v) is 17.1. The first kappa shape index (κ1) is 20.6. The van der Waals surface area contributed by atoms with E-state index in [-0.39, 0.29) is 34.4 Å². The highest BCUT2D eigenvalue weighted by molar-refractivity contribution is 5.81. The normalized spacial score (nSPS) is 31.8. The fourth-order valence-corrected chi connectivity index (χ4v) is 6.64. The van der Waals surface area contributed by atoms with Gasteiger partial charge in [0, 0.05) is 6.42 Å². The second kappa shape index (κ2) is 7.85. The Morgan fingerprint density at radius 2 is 1.93 bits per heavy atom. The number of nitrogens with zero attached hydrogens (tertiary/aromatic N) is 2. The Bertz CT molecular complexity index is 862. The molecule has 0 aliphatic heterocycles. The molecule has 4 aliphatic rings. The third-order valence-corrected chi connectivity index (χ3v) is 6.84.